The first-order valence-corrected chi connectivity index (χ1v) is 6.32. The summed E-state index contributed by atoms with van der Waals surface area (Å²) >= 11 is 0. The Bertz CT molecular complexity index is 226. The Morgan fingerprint density at radius 2 is 2.20 bits per heavy atom. The van der Waals surface area contributed by atoms with Crippen LogP contribution in [0.15, 0.2) is 0 Å². The molecule has 1 saturated carbocycles. The van der Waals surface area contributed by atoms with Crippen LogP contribution in [0.1, 0.15) is 39.0 Å². The molecule has 2 rings (SSSR count). The molecule has 1 saturated heterocycles. The Balaban J connectivity index is 1.82. The summed E-state index contributed by atoms with van der Waals surface area (Å²) < 4.78 is 0. The maximum atomic E-state index is 11.8. The van der Waals surface area contributed by atoms with E-state index in [2.05, 4.69) is 17.6 Å². The smallest absolute Gasteiger partial charge is 0.223 e. The average molecular weight is 210 g/mol. The normalized spacial score (nSPS) is 32.1. The fourth-order valence-corrected chi connectivity index (χ4v) is 2.54. The van der Waals surface area contributed by atoms with Crippen molar-refractivity contribution in [1.29, 1.82) is 0 Å². The number of piperidine rings is 1. The van der Waals surface area contributed by atoms with Gasteiger partial charge in [-0.25, -0.2) is 0 Å². The molecule has 0 aromatic carbocycles. The Kier molecular flexibility index (Phi) is 3.62. The highest BCUT2D eigenvalue weighted by Gasteiger charge is 2.30. The first-order valence-electron chi connectivity index (χ1n) is 6.32. The molecule has 2 N–H and O–H groups in total. The van der Waals surface area contributed by atoms with Crippen molar-refractivity contribution < 1.29 is 4.79 Å². The lowest BCUT2D eigenvalue weighted by Crippen LogP contribution is -2.52. The summed E-state index contributed by atoms with van der Waals surface area (Å²) in [4.78, 5) is 11.8. The van der Waals surface area contributed by atoms with E-state index in [0.717, 1.165) is 25.9 Å². The molecule has 0 aromatic rings. The molecule has 1 aliphatic heterocycles. The predicted molar refractivity (Wildman–Crippen MR) is 60.5 cm³/mol. The van der Waals surface area contributed by atoms with E-state index in [0.29, 0.717) is 23.8 Å². The molecule has 1 amide bonds. The number of nitrogens with one attached hydrogen (secondary N) is 2. The monoisotopic (exact) mass is 210 g/mol. The fourth-order valence-electron chi connectivity index (χ4n) is 2.54. The highest BCUT2D eigenvalue weighted by atomic mass is 16.2. The fraction of sp³-hybridized carbons (Fsp3) is 0.917. The molecule has 2 atom stereocenters. The summed E-state index contributed by atoms with van der Waals surface area (Å²) in [5.41, 5.74) is 0. The second kappa shape index (κ2) is 4.97. The van der Waals surface area contributed by atoms with Gasteiger partial charge in [0, 0.05) is 18.5 Å². The summed E-state index contributed by atoms with van der Waals surface area (Å²) in [6.07, 6.45) is 5.81. The minimum absolute atomic E-state index is 0.299. The van der Waals surface area contributed by atoms with Crippen LogP contribution in [0, 0.1) is 11.8 Å². The maximum absolute atomic E-state index is 11.8. The van der Waals surface area contributed by atoms with Crippen molar-refractivity contribution in [3.8, 4) is 0 Å². The SMILES string of the molecule is CCC1CCNCC1NC(=O)C1CCC1. The zero-order valence-electron chi connectivity index (χ0n) is 9.59. The highest BCUT2D eigenvalue weighted by Crippen LogP contribution is 2.27. The van der Waals surface area contributed by atoms with Gasteiger partial charge in [-0.1, -0.05) is 19.8 Å². The molecule has 1 heterocycles. The molecule has 3 heteroatoms. The Hall–Kier alpha value is -0.570. The molecule has 0 bridgehead atoms. The Labute approximate surface area is 92.0 Å². The van der Waals surface area contributed by atoms with E-state index in [1.165, 1.54) is 19.3 Å². The molecule has 2 aliphatic rings. The second-order valence-electron chi connectivity index (χ2n) is 4.90. The first-order chi connectivity index (χ1) is 7.31. The van der Waals surface area contributed by atoms with Gasteiger partial charge in [-0.05, 0) is 31.7 Å². The number of hydrogen-bond acceptors (Lipinski definition) is 2. The van der Waals surface area contributed by atoms with E-state index in [1.54, 1.807) is 0 Å². The largest absolute Gasteiger partial charge is 0.352 e. The molecule has 2 unspecified atom stereocenters. The van der Waals surface area contributed by atoms with Crippen molar-refractivity contribution in [3.63, 3.8) is 0 Å². The van der Waals surface area contributed by atoms with Gasteiger partial charge in [-0.3, -0.25) is 4.79 Å². The van der Waals surface area contributed by atoms with Gasteiger partial charge in [0.15, 0.2) is 0 Å². The maximum Gasteiger partial charge on any atom is 0.223 e. The van der Waals surface area contributed by atoms with Crippen LogP contribution in [-0.2, 0) is 4.79 Å². The Morgan fingerprint density at radius 1 is 1.40 bits per heavy atom. The van der Waals surface area contributed by atoms with Gasteiger partial charge in [0.2, 0.25) is 5.91 Å². The summed E-state index contributed by atoms with van der Waals surface area (Å²) in [6.45, 7) is 4.28. The topological polar surface area (TPSA) is 41.1 Å². The first kappa shape index (κ1) is 10.9. The van der Waals surface area contributed by atoms with Gasteiger partial charge in [-0.15, -0.1) is 0 Å². The van der Waals surface area contributed by atoms with Gasteiger partial charge >= 0.3 is 0 Å². The molecule has 0 spiro atoms. The molecule has 0 aromatic heterocycles. The number of carbonyl (C=O) groups excluding carboxylic acids is 1. The number of hydrogen-bond donors (Lipinski definition) is 2. The van der Waals surface area contributed by atoms with Crippen molar-refractivity contribution in [1.82, 2.24) is 10.6 Å². The summed E-state index contributed by atoms with van der Waals surface area (Å²) in [5, 5.41) is 6.59. The summed E-state index contributed by atoms with van der Waals surface area (Å²) in [6, 6.07) is 0.372. The van der Waals surface area contributed by atoms with E-state index >= 15 is 0 Å². The third-order valence-corrected chi connectivity index (χ3v) is 3.95. The zero-order valence-corrected chi connectivity index (χ0v) is 9.59. The number of rotatable bonds is 3. The number of carbonyl (C=O) groups is 1. The quantitative estimate of drug-likeness (QED) is 0.737. The predicted octanol–water partition coefficient (Wildman–Crippen LogP) is 1.29. The Morgan fingerprint density at radius 3 is 2.80 bits per heavy atom. The third kappa shape index (κ3) is 2.51. The van der Waals surface area contributed by atoms with Crippen LogP contribution in [-0.4, -0.2) is 25.0 Å². The van der Waals surface area contributed by atoms with E-state index in [-0.39, 0.29) is 0 Å². The lowest BCUT2D eigenvalue weighted by molar-refractivity contribution is -0.128. The summed E-state index contributed by atoms with van der Waals surface area (Å²) in [5.74, 6) is 1.30. The standard InChI is InChI=1S/C12H22N2O/c1-2-9-6-7-13-8-11(9)14-12(15)10-4-3-5-10/h9-11,13H,2-8H2,1H3,(H,14,15). The van der Waals surface area contributed by atoms with Crippen molar-refractivity contribution in [2.75, 3.05) is 13.1 Å². The zero-order chi connectivity index (χ0) is 10.7. The van der Waals surface area contributed by atoms with Crippen LogP contribution in [0.25, 0.3) is 0 Å². The van der Waals surface area contributed by atoms with Crippen LogP contribution in [0.2, 0.25) is 0 Å². The van der Waals surface area contributed by atoms with E-state index in [1.807, 2.05) is 0 Å². The van der Waals surface area contributed by atoms with Gasteiger partial charge in [0.05, 0.1) is 0 Å². The second-order valence-corrected chi connectivity index (χ2v) is 4.90. The van der Waals surface area contributed by atoms with Gasteiger partial charge in [0.1, 0.15) is 0 Å². The minimum Gasteiger partial charge on any atom is -0.352 e. The van der Waals surface area contributed by atoms with Crippen LogP contribution in [0.5, 0.6) is 0 Å². The van der Waals surface area contributed by atoms with Crippen molar-refractivity contribution in [2.24, 2.45) is 11.8 Å². The molecule has 15 heavy (non-hydrogen) atoms. The lowest BCUT2D eigenvalue weighted by atomic mass is 9.83. The molecule has 3 nitrogen and oxygen atoms in total. The molecule has 1 aliphatic carbocycles. The third-order valence-electron chi connectivity index (χ3n) is 3.95. The minimum atomic E-state index is 0.299. The van der Waals surface area contributed by atoms with Crippen LogP contribution >= 0.6 is 0 Å². The molecule has 86 valence electrons. The van der Waals surface area contributed by atoms with Crippen molar-refractivity contribution >= 4 is 5.91 Å². The van der Waals surface area contributed by atoms with E-state index < -0.39 is 0 Å². The molecule has 0 radical (unpaired) electrons. The van der Waals surface area contributed by atoms with Gasteiger partial charge in [0.25, 0.3) is 0 Å². The average Bonchev–Trinajstić information content (AvgIpc) is 2.15. The lowest BCUT2D eigenvalue weighted by Gasteiger charge is -2.34. The summed E-state index contributed by atoms with van der Waals surface area (Å²) in [7, 11) is 0. The van der Waals surface area contributed by atoms with Gasteiger partial charge < -0.3 is 10.6 Å². The van der Waals surface area contributed by atoms with Crippen LogP contribution in [0.4, 0.5) is 0 Å². The van der Waals surface area contributed by atoms with Crippen molar-refractivity contribution in [2.45, 2.75) is 45.1 Å². The van der Waals surface area contributed by atoms with Crippen LogP contribution < -0.4 is 10.6 Å². The van der Waals surface area contributed by atoms with Gasteiger partial charge in [-0.2, -0.15) is 0 Å². The van der Waals surface area contributed by atoms with Crippen LogP contribution in [0.3, 0.4) is 0 Å². The van der Waals surface area contributed by atoms with Crippen molar-refractivity contribution in [3.05, 3.63) is 0 Å². The molecular weight excluding hydrogens is 188 g/mol. The number of amides is 1. The highest BCUT2D eigenvalue weighted by molar-refractivity contribution is 5.79. The molecule has 2 fully saturated rings. The molecular formula is C12H22N2O. The van der Waals surface area contributed by atoms with E-state index in [9.17, 15) is 4.79 Å². The van der Waals surface area contributed by atoms with E-state index in [4.69, 9.17) is 0 Å².